The Kier molecular flexibility index (Phi) is 7.81. The zero-order valence-electron chi connectivity index (χ0n) is 21.2. The fourth-order valence-electron chi connectivity index (χ4n) is 8.01. The highest BCUT2D eigenvalue weighted by Crippen LogP contribution is 2.46. The van der Waals surface area contributed by atoms with Gasteiger partial charge in [0.2, 0.25) is 0 Å². The van der Waals surface area contributed by atoms with E-state index in [9.17, 15) is 4.79 Å². The number of ether oxygens (including phenoxy) is 1. The molecule has 3 aliphatic heterocycles. The summed E-state index contributed by atoms with van der Waals surface area (Å²) in [5.74, 6) is 3.57. The Morgan fingerprint density at radius 1 is 1.00 bits per heavy atom. The Morgan fingerprint density at radius 2 is 1.76 bits per heavy atom. The maximum Gasteiger partial charge on any atom is 0.323 e. The largest absolute Gasteiger partial charge is 0.464 e. The number of esters is 1. The lowest BCUT2D eigenvalue weighted by Gasteiger charge is -2.45. The molecule has 192 valence electrons. The number of carbonyl (C=O) groups is 1. The van der Waals surface area contributed by atoms with Crippen LogP contribution in [0.5, 0.6) is 0 Å². The fraction of sp³-hybridized carbons (Fsp3) is 0.926. The van der Waals surface area contributed by atoms with Crippen LogP contribution in [0.2, 0.25) is 0 Å². The molecule has 0 radical (unpaired) electrons. The van der Waals surface area contributed by atoms with Crippen LogP contribution in [0.25, 0.3) is 0 Å². The molecule has 0 aromatic rings. The summed E-state index contributed by atoms with van der Waals surface area (Å²) >= 11 is 0. The zero-order chi connectivity index (χ0) is 23.7. The molecule has 4 N–H and O–H groups in total. The normalized spacial score (nSPS) is 39.9. The van der Waals surface area contributed by atoms with E-state index in [-0.39, 0.29) is 30.1 Å². The number of nitrogens with two attached hydrogens (primary N) is 1. The first kappa shape index (κ1) is 24.5. The number of fused-ring (bicyclic) bond motifs is 2. The summed E-state index contributed by atoms with van der Waals surface area (Å²) in [6.07, 6.45) is 14.8. The molecule has 0 aromatic heterocycles. The van der Waals surface area contributed by atoms with Crippen LogP contribution >= 0.6 is 0 Å². The van der Waals surface area contributed by atoms with Crippen molar-refractivity contribution in [2.45, 2.75) is 95.3 Å². The molecular formula is C27H47N5O2. The maximum atomic E-state index is 13.5. The Morgan fingerprint density at radius 3 is 2.56 bits per heavy atom. The molecule has 3 heterocycles. The van der Waals surface area contributed by atoms with Gasteiger partial charge in [-0.05, 0) is 94.7 Å². The van der Waals surface area contributed by atoms with Gasteiger partial charge < -0.3 is 15.4 Å². The Balaban J connectivity index is 1.28. The first-order chi connectivity index (χ1) is 16.5. The first-order valence-corrected chi connectivity index (χ1v) is 14.2. The second-order valence-corrected chi connectivity index (χ2v) is 12.2. The van der Waals surface area contributed by atoms with Crippen molar-refractivity contribution in [3.63, 3.8) is 0 Å². The molecule has 0 aromatic carbocycles. The van der Waals surface area contributed by atoms with E-state index in [1.165, 1.54) is 44.9 Å². The van der Waals surface area contributed by atoms with Crippen molar-refractivity contribution in [2.24, 2.45) is 35.3 Å². The number of nitrogens with one attached hydrogen (secondary N) is 2. The van der Waals surface area contributed by atoms with E-state index >= 15 is 0 Å². The van der Waals surface area contributed by atoms with Crippen molar-refractivity contribution in [1.29, 1.82) is 5.41 Å². The number of amidine groups is 1. The molecule has 5 aliphatic rings. The summed E-state index contributed by atoms with van der Waals surface area (Å²) < 4.78 is 6.01. The van der Waals surface area contributed by atoms with Crippen LogP contribution in [0.3, 0.4) is 0 Å². The maximum absolute atomic E-state index is 13.5. The molecule has 0 amide bonds. The van der Waals surface area contributed by atoms with Gasteiger partial charge in [-0.2, -0.15) is 0 Å². The lowest BCUT2D eigenvalue weighted by Crippen LogP contribution is -2.59. The van der Waals surface area contributed by atoms with Crippen LogP contribution in [-0.2, 0) is 9.53 Å². The SMILES string of the molecule is CN1CCC(COC(=O)C2CC3CCC(C(=N)N)NC3N2CC2CCCC3CCCCC32)CC1. The van der Waals surface area contributed by atoms with E-state index in [1.54, 1.807) is 0 Å². The molecule has 34 heavy (non-hydrogen) atoms. The van der Waals surface area contributed by atoms with Gasteiger partial charge in [0.1, 0.15) is 11.9 Å². The van der Waals surface area contributed by atoms with E-state index in [4.69, 9.17) is 15.9 Å². The van der Waals surface area contributed by atoms with E-state index in [2.05, 4.69) is 22.2 Å². The molecule has 5 fully saturated rings. The molecule has 7 atom stereocenters. The van der Waals surface area contributed by atoms with Crippen molar-refractivity contribution >= 4 is 11.8 Å². The predicted molar refractivity (Wildman–Crippen MR) is 134 cm³/mol. The predicted octanol–water partition coefficient (Wildman–Crippen LogP) is 3.18. The summed E-state index contributed by atoms with van der Waals surface area (Å²) in [4.78, 5) is 18.3. The van der Waals surface area contributed by atoms with Crippen LogP contribution < -0.4 is 11.1 Å². The third-order valence-corrected chi connectivity index (χ3v) is 10.0. The van der Waals surface area contributed by atoms with E-state index in [0.717, 1.165) is 63.6 Å². The summed E-state index contributed by atoms with van der Waals surface area (Å²) in [6, 6.07) is -0.213. The lowest BCUT2D eigenvalue weighted by molar-refractivity contribution is -0.152. The summed E-state index contributed by atoms with van der Waals surface area (Å²) in [7, 11) is 2.17. The van der Waals surface area contributed by atoms with Crippen LogP contribution in [0.4, 0.5) is 0 Å². The zero-order valence-corrected chi connectivity index (χ0v) is 21.2. The molecule has 2 aliphatic carbocycles. The number of nitrogens with zero attached hydrogens (tertiary/aromatic N) is 2. The molecule has 7 heteroatoms. The van der Waals surface area contributed by atoms with Crippen LogP contribution in [-0.4, -0.2) is 73.1 Å². The molecule has 0 bridgehead atoms. The highest BCUT2D eigenvalue weighted by Gasteiger charge is 2.49. The van der Waals surface area contributed by atoms with Crippen molar-refractivity contribution in [2.75, 3.05) is 33.3 Å². The molecule has 3 saturated heterocycles. The van der Waals surface area contributed by atoms with Crippen molar-refractivity contribution in [1.82, 2.24) is 15.1 Å². The average Bonchev–Trinajstić information content (AvgIpc) is 3.21. The molecule has 7 nitrogen and oxygen atoms in total. The van der Waals surface area contributed by atoms with Gasteiger partial charge in [0.25, 0.3) is 0 Å². The minimum atomic E-state index is -0.150. The third-order valence-electron chi connectivity index (χ3n) is 10.0. The van der Waals surface area contributed by atoms with Gasteiger partial charge in [0, 0.05) is 6.54 Å². The highest BCUT2D eigenvalue weighted by atomic mass is 16.5. The smallest absolute Gasteiger partial charge is 0.323 e. The van der Waals surface area contributed by atoms with E-state index < -0.39 is 0 Å². The van der Waals surface area contributed by atoms with E-state index in [1.807, 2.05) is 0 Å². The number of carbonyl (C=O) groups excluding carboxylic acids is 1. The molecular weight excluding hydrogens is 426 g/mol. The standard InChI is InChI=1S/C27H47N5O2/c1-31-13-11-18(12-14-31)17-34-27(33)24-15-20-9-10-23(25(28)29)30-26(20)32(24)16-21-7-4-6-19-5-2-3-8-22(19)21/h18-24,26,30H,2-17H2,1H3,(H3,28,29). The van der Waals surface area contributed by atoms with Gasteiger partial charge in [0.05, 0.1) is 18.8 Å². The molecule has 7 unspecified atom stereocenters. The van der Waals surface area contributed by atoms with Gasteiger partial charge in [-0.25, -0.2) is 0 Å². The summed E-state index contributed by atoms with van der Waals surface area (Å²) in [6.45, 7) is 3.77. The topological polar surface area (TPSA) is 94.7 Å². The number of hydrogen-bond acceptors (Lipinski definition) is 6. The number of hydrogen-bond donors (Lipinski definition) is 3. The average molecular weight is 474 g/mol. The van der Waals surface area contributed by atoms with Crippen LogP contribution in [0, 0.1) is 35.0 Å². The minimum absolute atomic E-state index is 0.00879. The minimum Gasteiger partial charge on any atom is -0.464 e. The summed E-state index contributed by atoms with van der Waals surface area (Å²) in [5, 5.41) is 11.7. The molecule has 2 saturated carbocycles. The Hall–Kier alpha value is -1.18. The Bertz CT molecular complexity index is 722. The number of piperidine rings is 2. The van der Waals surface area contributed by atoms with Crippen LogP contribution in [0.15, 0.2) is 0 Å². The Labute approximate surface area is 206 Å². The van der Waals surface area contributed by atoms with Crippen molar-refractivity contribution in [3.8, 4) is 0 Å². The second-order valence-electron chi connectivity index (χ2n) is 12.2. The number of likely N-dealkylation sites (tertiary alicyclic amines) is 2. The van der Waals surface area contributed by atoms with Gasteiger partial charge in [-0.3, -0.25) is 20.4 Å². The van der Waals surface area contributed by atoms with Gasteiger partial charge in [-0.1, -0.05) is 32.1 Å². The molecule has 5 rings (SSSR count). The monoisotopic (exact) mass is 473 g/mol. The van der Waals surface area contributed by atoms with Gasteiger partial charge in [-0.15, -0.1) is 0 Å². The van der Waals surface area contributed by atoms with Gasteiger partial charge in [0.15, 0.2) is 0 Å². The second kappa shape index (κ2) is 10.8. The van der Waals surface area contributed by atoms with Crippen molar-refractivity contribution in [3.05, 3.63) is 0 Å². The summed E-state index contributed by atoms with van der Waals surface area (Å²) in [5.41, 5.74) is 5.91. The van der Waals surface area contributed by atoms with Gasteiger partial charge >= 0.3 is 5.97 Å². The third kappa shape index (κ3) is 5.31. The highest BCUT2D eigenvalue weighted by molar-refractivity contribution is 5.83. The fourth-order valence-corrected chi connectivity index (χ4v) is 8.01. The van der Waals surface area contributed by atoms with Crippen LogP contribution in [0.1, 0.15) is 77.0 Å². The van der Waals surface area contributed by atoms with E-state index in [0.29, 0.717) is 24.4 Å². The lowest BCUT2D eigenvalue weighted by atomic mass is 9.65. The number of rotatable bonds is 6. The quantitative estimate of drug-likeness (QED) is 0.312. The van der Waals surface area contributed by atoms with Crippen molar-refractivity contribution < 1.29 is 9.53 Å². The molecule has 0 spiro atoms. The first-order valence-electron chi connectivity index (χ1n) is 14.2.